The van der Waals surface area contributed by atoms with Crippen LogP contribution in [0, 0.1) is 11.8 Å². The number of ether oxygens (including phenoxy) is 1. The molecule has 128 valence electrons. The topological polar surface area (TPSA) is 84.7 Å². The predicted octanol–water partition coefficient (Wildman–Crippen LogP) is 1.38. The minimum atomic E-state index is -0.798. The second kappa shape index (κ2) is 8.10. The summed E-state index contributed by atoms with van der Waals surface area (Å²) in [4.78, 5) is 25.6. The lowest BCUT2D eigenvalue weighted by atomic mass is 10.0. The van der Waals surface area contributed by atoms with E-state index in [1.165, 1.54) is 0 Å². The highest BCUT2D eigenvalue weighted by atomic mass is 16.5. The fraction of sp³-hybridized carbons (Fsp3) is 0.688. The number of aromatic nitrogens is 2. The van der Waals surface area contributed by atoms with Crippen LogP contribution < -0.4 is 0 Å². The Hall–Kier alpha value is -1.89. The molecule has 0 spiro atoms. The Morgan fingerprint density at radius 1 is 1.43 bits per heavy atom. The Balaban J connectivity index is 2.02. The molecule has 1 aromatic heterocycles. The van der Waals surface area contributed by atoms with E-state index < -0.39 is 11.9 Å². The van der Waals surface area contributed by atoms with Gasteiger partial charge >= 0.3 is 5.97 Å². The van der Waals surface area contributed by atoms with Crippen molar-refractivity contribution in [3.63, 3.8) is 0 Å². The molecule has 1 aliphatic carbocycles. The third kappa shape index (κ3) is 4.54. The molecule has 0 bridgehead atoms. The number of carbonyl (C=O) groups is 2. The number of methoxy groups -OCH3 is 1. The summed E-state index contributed by atoms with van der Waals surface area (Å²) in [5.41, 5.74) is 0.976. The molecule has 0 aromatic carbocycles. The summed E-state index contributed by atoms with van der Waals surface area (Å²) in [5, 5.41) is 13.3. The molecule has 7 nitrogen and oxygen atoms in total. The van der Waals surface area contributed by atoms with Crippen molar-refractivity contribution in [1.29, 1.82) is 0 Å². The molecule has 1 aromatic rings. The van der Waals surface area contributed by atoms with Crippen LogP contribution in [0.4, 0.5) is 0 Å². The van der Waals surface area contributed by atoms with Gasteiger partial charge in [0.25, 0.3) is 0 Å². The van der Waals surface area contributed by atoms with Crippen LogP contribution >= 0.6 is 0 Å². The van der Waals surface area contributed by atoms with Gasteiger partial charge in [-0.15, -0.1) is 0 Å². The zero-order chi connectivity index (χ0) is 16.8. The molecular formula is C16H25N3O4. The van der Waals surface area contributed by atoms with Gasteiger partial charge in [0.2, 0.25) is 5.91 Å². The molecule has 7 heteroatoms. The monoisotopic (exact) mass is 323 g/mol. The first-order chi connectivity index (χ1) is 11.0. The number of aliphatic carboxylic acids is 1. The highest BCUT2D eigenvalue weighted by molar-refractivity contribution is 5.81. The number of aryl methyl sites for hydroxylation is 1. The molecule has 1 amide bonds. The van der Waals surface area contributed by atoms with Gasteiger partial charge in [0, 0.05) is 44.4 Å². The normalized spacial score (nSPS) is 20.6. The molecular weight excluding hydrogens is 298 g/mol. The lowest BCUT2D eigenvalue weighted by Crippen LogP contribution is -2.37. The average molecular weight is 323 g/mol. The minimum absolute atomic E-state index is 0.0232. The van der Waals surface area contributed by atoms with Crippen molar-refractivity contribution in [1.82, 2.24) is 14.7 Å². The maximum absolute atomic E-state index is 12.8. The SMILES string of the molecule is CCn1cc(CN(CCOC)C(=O)[C@H]2CC[C@@H](C(=O)O)C2)cn1. The summed E-state index contributed by atoms with van der Waals surface area (Å²) in [7, 11) is 1.60. The first kappa shape index (κ1) is 17.5. The van der Waals surface area contributed by atoms with Gasteiger partial charge < -0.3 is 14.7 Å². The number of nitrogens with zero attached hydrogens (tertiary/aromatic N) is 3. The van der Waals surface area contributed by atoms with E-state index in [1.807, 2.05) is 17.8 Å². The van der Waals surface area contributed by atoms with Crippen molar-refractivity contribution >= 4 is 11.9 Å². The fourth-order valence-corrected chi connectivity index (χ4v) is 3.04. The van der Waals surface area contributed by atoms with Gasteiger partial charge in [0.1, 0.15) is 0 Å². The van der Waals surface area contributed by atoms with Crippen molar-refractivity contribution in [2.45, 2.75) is 39.3 Å². The molecule has 0 radical (unpaired) electrons. The largest absolute Gasteiger partial charge is 0.481 e. The predicted molar refractivity (Wildman–Crippen MR) is 83.7 cm³/mol. The van der Waals surface area contributed by atoms with Crippen LogP contribution in [0.2, 0.25) is 0 Å². The third-order valence-electron chi connectivity index (χ3n) is 4.39. The Labute approximate surface area is 136 Å². The number of hydrogen-bond acceptors (Lipinski definition) is 4. The van der Waals surface area contributed by atoms with Gasteiger partial charge in [-0.05, 0) is 26.2 Å². The van der Waals surface area contributed by atoms with Gasteiger partial charge in [-0.2, -0.15) is 5.10 Å². The van der Waals surface area contributed by atoms with Crippen LogP contribution in [0.1, 0.15) is 31.7 Å². The Morgan fingerprint density at radius 3 is 2.74 bits per heavy atom. The van der Waals surface area contributed by atoms with Gasteiger partial charge in [0.15, 0.2) is 0 Å². The molecule has 0 saturated heterocycles. The first-order valence-corrected chi connectivity index (χ1v) is 8.07. The molecule has 0 aliphatic heterocycles. The van der Waals surface area contributed by atoms with Crippen molar-refractivity contribution in [2.75, 3.05) is 20.3 Å². The van der Waals surface area contributed by atoms with Crippen LogP contribution in [0.3, 0.4) is 0 Å². The number of carboxylic acids is 1. The molecule has 1 saturated carbocycles. The fourth-order valence-electron chi connectivity index (χ4n) is 3.04. The third-order valence-corrected chi connectivity index (χ3v) is 4.39. The van der Waals surface area contributed by atoms with Crippen molar-refractivity contribution in [2.24, 2.45) is 11.8 Å². The van der Waals surface area contributed by atoms with E-state index >= 15 is 0 Å². The molecule has 2 rings (SSSR count). The van der Waals surface area contributed by atoms with Crippen LogP contribution in [0.5, 0.6) is 0 Å². The van der Waals surface area contributed by atoms with E-state index in [-0.39, 0.29) is 11.8 Å². The molecule has 23 heavy (non-hydrogen) atoms. The number of amides is 1. The molecule has 1 aliphatic rings. The van der Waals surface area contributed by atoms with Crippen LogP contribution in [0.15, 0.2) is 12.4 Å². The quantitative estimate of drug-likeness (QED) is 0.781. The summed E-state index contributed by atoms with van der Waals surface area (Å²) < 4.78 is 6.92. The van der Waals surface area contributed by atoms with Gasteiger partial charge in [-0.1, -0.05) is 0 Å². The molecule has 2 atom stereocenters. The number of rotatable bonds is 8. The van der Waals surface area contributed by atoms with Crippen LogP contribution in [-0.4, -0.2) is 51.9 Å². The van der Waals surface area contributed by atoms with E-state index in [9.17, 15) is 9.59 Å². The van der Waals surface area contributed by atoms with Crippen molar-refractivity contribution in [3.8, 4) is 0 Å². The zero-order valence-corrected chi connectivity index (χ0v) is 13.8. The van der Waals surface area contributed by atoms with Gasteiger partial charge in [0.05, 0.1) is 18.7 Å². The molecule has 0 unspecified atom stereocenters. The second-order valence-corrected chi connectivity index (χ2v) is 6.00. The van der Waals surface area contributed by atoms with E-state index in [0.717, 1.165) is 12.1 Å². The maximum atomic E-state index is 12.8. The van der Waals surface area contributed by atoms with E-state index in [1.54, 1.807) is 18.2 Å². The number of carbonyl (C=O) groups excluding carboxylic acids is 1. The van der Waals surface area contributed by atoms with Crippen molar-refractivity contribution < 1.29 is 19.4 Å². The standard InChI is InChI=1S/C16H25N3O4/c1-3-19-11-12(9-17-19)10-18(6-7-23-2)15(20)13-4-5-14(8-13)16(21)22/h9,11,13-14H,3-8,10H2,1-2H3,(H,21,22)/t13-,14+/m0/s1. The smallest absolute Gasteiger partial charge is 0.306 e. The minimum Gasteiger partial charge on any atom is -0.481 e. The van der Waals surface area contributed by atoms with Crippen LogP contribution in [-0.2, 0) is 27.4 Å². The molecule has 1 N–H and O–H groups in total. The maximum Gasteiger partial charge on any atom is 0.306 e. The summed E-state index contributed by atoms with van der Waals surface area (Å²) >= 11 is 0. The number of hydrogen-bond donors (Lipinski definition) is 1. The summed E-state index contributed by atoms with van der Waals surface area (Å²) in [6.45, 7) is 4.24. The number of carboxylic acid groups (broad SMARTS) is 1. The molecule has 1 fully saturated rings. The van der Waals surface area contributed by atoms with Crippen molar-refractivity contribution in [3.05, 3.63) is 18.0 Å². The van der Waals surface area contributed by atoms with Gasteiger partial charge in [-0.3, -0.25) is 14.3 Å². The Bertz CT molecular complexity index is 543. The van der Waals surface area contributed by atoms with Crippen LogP contribution in [0.25, 0.3) is 0 Å². The van der Waals surface area contributed by atoms with Gasteiger partial charge in [-0.25, -0.2) is 0 Å². The lowest BCUT2D eigenvalue weighted by molar-refractivity contribution is -0.141. The zero-order valence-electron chi connectivity index (χ0n) is 13.8. The highest BCUT2D eigenvalue weighted by Gasteiger charge is 2.35. The van der Waals surface area contributed by atoms with E-state index in [4.69, 9.17) is 9.84 Å². The second-order valence-electron chi connectivity index (χ2n) is 6.00. The summed E-state index contributed by atoms with van der Waals surface area (Å²) in [5.74, 6) is -1.37. The molecule has 1 heterocycles. The first-order valence-electron chi connectivity index (χ1n) is 8.07. The average Bonchev–Trinajstić information content (AvgIpc) is 3.19. The Kier molecular flexibility index (Phi) is 6.15. The lowest BCUT2D eigenvalue weighted by Gasteiger charge is -2.25. The summed E-state index contributed by atoms with van der Waals surface area (Å²) in [6, 6.07) is 0. The highest BCUT2D eigenvalue weighted by Crippen LogP contribution is 2.32. The Morgan fingerprint density at radius 2 is 2.17 bits per heavy atom. The summed E-state index contributed by atoms with van der Waals surface area (Å²) in [6.07, 6.45) is 5.37. The van der Waals surface area contributed by atoms with E-state index in [0.29, 0.717) is 39.0 Å². The van der Waals surface area contributed by atoms with E-state index in [2.05, 4.69) is 5.10 Å².